The number of aromatic nitrogens is 1. The van der Waals surface area contributed by atoms with Crippen molar-refractivity contribution in [3.05, 3.63) is 51.5 Å². The summed E-state index contributed by atoms with van der Waals surface area (Å²) in [6.07, 6.45) is 1.65. The summed E-state index contributed by atoms with van der Waals surface area (Å²) in [7, 11) is 3.37. The van der Waals surface area contributed by atoms with Crippen molar-refractivity contribution in [1.29, 1.82) is 0 Å². The van der Waals surface area contributed by atoms with E-state index in [4.69, 9.17) is 0 Å². The van der Waals surface area contributed by atoms with Crippen LogP contribution in [0.4, 0.5) is 0 Å². The van der Waals surface area contributed by atoms with E-state index in [2.05, 4.69) is 31.1 Å². The van der Waals surface area contributed by atoms with Crippen molar-refractivity contribution in [3.63, 3.8) is 0 Å². The van der Waals surface area contributed by atoms with E-state index in [1.54, 1.807) is 37.3 Å². The lowest BCUT2D eigenvalue weighted by molar-refractivity contribution is 0.0789. The number of nitrogens with one attached hydrogen (secondary N) is 1. The van der Waals surface area contributed by atoms with Gasteiger partial charge in [-0.3, -0.25) is 9.59 Å². The van der Waals surface area contributed by atoms with Gasteiger partial charge in [-0.05, 0) is 17.7 Å². The summed E-state index contributed by atoms with van der Waals surface area (Å²) in [5.41, 5.74) is 1.52. The Labute approximate surface area is 146 Å². The van der Waals surface area contributed by atoms with E-state index >= 15 is 0 Å². The monoisotopic (exact) mass is 345 g/mol. The fourth-order valence-corrected chi connectivity index (χ4v) is 3.13. The molecule has 0 atom stereocenters. The largest absolute Gasteiger partial charge is 0.355 e. The maximum absolute atomic E-state index is 12.5. The van der Waals surface area contributed by atoms with Gasteiger partial charge in [0.15, 0.2) is 0 Å². The molecule has 1 N–H and O–H groups in total. The van der Waals surface area contributed by atoms with Crippen LogP contribution in [0, 0.1) is 0 Å². The number of benzene rings is 1. The predicted octanol–water partition coefficient (Wildman–Crippen LogP) is 3.07. The minimum Gasteiger partial charge on any atom is -0.355 e. The summed E-state index contributed by atoms with van der Waals surface area (Å²) in [4.78, 5) is 30.8. The molecular weight excluding hydrogens is 322 g/mol. The average Bonchev–Trinajstić information content (AvgIpc) is 3.04. The maximum atomic E-state index is 12.5. The molecule has 1 heterocycles. The second-order valence-electron chi connectivity index (χ2n) is 6.72. The zero-order valence-electron chi connectivity index (χ0n) is 14.7. The smallest absolute Gasteiger partial charge is 0.265 e. The van der Waals surface area contributed by atoms with Crippen molar-refractivity contribution in [2.24, 2.45) is 0 Å². The summed E-state index contributed by atoms with van der Waals surface area (Å²) in [5, 5.41) is 3.54. The third-order valence-electron chi connectivity index (χ3n) is 3.57. The van der Waals surface area contributed by atoms with Gasteiger partial charge in [0, 0.05) is 31.6 Å². The van der Waals surface area contributed by atoms with E-state index in [-0.39, 0.29) is 17.2 Å². The van der Waals surface area contributed by atoms with Gasteiger partial charge in [-0.25, -0.2) is 4.98 Å². The molecule has 2 rings (SSSR count). The number of carbonyl (C=O) groups is 2. The Morgan fingerprint density at radius 2 is 1.83 bits per heavy atom. The van der Waals surface area contributed by atoms with Gasteiger partial charge in [0.05, 0.1) is 11.2 Å². The zero-order valence-corrected chi connectivity index (χ0v) is 15.5. The molecule has 0 saturated carbocycles. The van der Waals surface area contributed by atoms with E-state index in [0.717, 1.165) is 10.6 Å². The quantitative estimate of drug-likeness (QED) is 0.926. The fraction of sp³-hybridized carbons (Fsp3) is 0.389. The second-order valence-corrected chi connectivity index (χ2v) is 7.75. The number of carbonyl (C=O) groups excluding carboxylic acids is 2. The van der Waals surface area contributed by atoms with Crippen LogP contribution in [-0.4, -0.2) is 35.8 Å². The molecule has 0 aliphatic carbocycles. The van der Waals surface area contributed by atoms with E-state index in [1.165, 1.54) is 11.3 Å². The van der Waals surface area contributed by atoms with Gasteiger partial charge in [0.1, 0.15) is 4.88 Å². The van der Waals surface area contributed by atoms with Crippen LogP contribution in [-0.2, 0) is 12.0 Å². The predicted molar refractivity (Wildman–Crippen MR) is 96.4 cm³/mol. The second kappa shape index (κ2) is 7.13. The van der Waals surface area contributed by atoms with Crippen LogP contribution in [0.5, 0.6) is 0 Å². The third-order valence-corrected chi connectivity index (χ3v) is 4.98. The Morgan fingerprint density at radius 1 is 1.21 bits per heavy atom. The SMILES string of the molecule is CNC(=O)c1ccc(CN(C)C(=O)c2cnc(C(C)(C)C)s2)cc1. The van der Waals surface area contributed by atoms with Crippen molar-refractivity contribution in [2.75, 3.05) is 14.1 Å². The summed E-state index contributed by atoms with van der Waals surface area (Å²) in [6.45, 7) is 6.73. The molecule has 128 valence electrons. The van der Waals surface area contributed by atoms with Crippen molar-refractivity contribution in [1.82, 2.24) is 15.2 Å². The Bertz CT molecular complexity index is 729. The summed E-state index contributed by atoms with van der Waals surface area (Å²) in [6, 6.07) is 7.25. The highest BCUT2D eigenvalue weighted by atomic mass is 32.1. The van der Waals surface area contributed by atoms with Gasteiger partial charge < -0.3 is 10.2 Å². The molecule has 1 aromatic heterocycles. The van der Waals surface area contributed by atoms with Crippen LogP contribution in [0.1, 0.15) is 51.4 Å². The summed E-state index contributed by atoms with van der Waals surface area (Å²) >= 11 is 1.44. The summed E-state index contributed by atoms with van der Waals surface area (Å²) in [5.74, 6) is -0.163. The molecule has 0 aliphatic rings. The molecule has 0 fully saturated rings. The first kappa shape index (κ1) is 18.1. The number of hydrogen-bond acceptors (Lipinski definition) is 4. The van der Waals surface area contributed by atoms with Crippen LogP contribution in [0.2, 0.25) is 0 Å². The van der Waals surface area contributed by atoms with E-state index in [1.807, 2.05) is 12.1 Å². The molecule has 5 nitrogen and oxygen atoms in total. The van der Waals surface area contributed by atoms with Crippen LogP contribution in [0.3, 0.4) is 0 Å². The van der Waals surface area contributed by atoms with Gasteiger partial charge in [0.2, 0.25) is 0 Å². The van der Waals surface area contributed by atoms with E-state index in [0.29, 0.717) is 17.0 Å². The number of amides is 2. The minimum atomic E-state index is -0.120. The molecule has 0 bridgehead atoms. The first-order valence-corrected chi connectivity index (χ1v) is 8.57. The van der Waals surface area contributed by atoms with Gasteiger partial charge in [-0.15, -0.1) is 11.3 Å². The standard InChI is InChI=1S/C18H23N3O2S/c1-18(2,3)17-20-10-14(24-17)16(23)21(5)11-12-6-8-13(9-7-12)15(22)19-4/h6-10H,11H2,1-5H3,(H,19,22). The lowest BCUT2D eigenvalue weighted by Crippen LogP contribution is -2.25. The molecule has 1 aromatic carbocycles. The first-order chi connectivity index (χ1) is 11.2. The molecule has 0 radical (unpaired) electrons. The lowest BCUT2D eigenvalue weighted by Gasteiger charge is -2.17. The Balaban J connectivity index is 2.06. The number of nitrogens with zero attached hydrogens (tertiary/aromatic N) is 2. The van der Waals surface area contributed by atoms with Gasteiger partial charge in [-0.1, -0.05) is 32.9 Å². The fourth-order valence-electron chi connectivity index (χ4n) is 2.16. The number of thiazole rings is 1. The number of hydrogen-bond donors (Lipinski definition) is 1. The highest BCUT2D eigenvalue weighted by molar-refractivity contribution is 7.13. The van der Waals surface area contributed by atoms with Crippen molar-refractivity contribution < 1.29 is 9.59 Å². The van der Waals surface area contributed by atoms with Gasteiger partial charge in [-0.2, -0.15) is 0 Å². The van der Waals surface area contributed by atoms with Gasteiger partial charge in [0.25, 0.3) is 11.8 Å². The van der Waals surface area contributed by atoms with Crippen molar-refractivity contribution in [2.45, 2.75) is 32.7 Å². The molecule has 0 saturated heterocycles. The van der Waals surface area contributed by atoms with Crippen molar-refractivity contribution >= 4 is 23.2 Å². The molecule has 0 unspecified atom stereocenters. The highest BCUT2D eigenvalue weighted by Crippen LogP contribution is 2.27. The highest BCUT2D eigenvalue weighted by Gasteiger charge is 2.22. The molecule has 2 aromatic rings. The van der Waals surface area contributed by atoms with E-state index < -0.39 is 0 Å². The number of rotatable bonds is 4. The molecule has 0 aliphatic heterocycles. The third kappa shape index (κ3) is 4.20. The normalized spacial score (nSPS) is 11.2. The van der Waals surface area contributed by atoms with Crippen LogP contribution in [0.15, 0.2) is 30.5 Å². The lowest BCUT2D eigenvalue weighted by atomic mass is 9.98. The Kier molecular flexibility index (Phi) is 5.39. The first-order valence-electron chi connectivity index (χ1n) is 7.75. The zero-order chi connectivity index (χ0) is 17.9. The van der Waals surface area contributed by atoms with Gasteiger partial charge >= 0.3 is 0 Å². The molecule has 24 heavy (non-hydrogen) atoms. The molecular formula is C18H23N3O2S. The summed E-state index contributed by atoms with van der Waals surface area (Å²) < 4.78 is 0. The molecule has 2 amide bonds. The Hall–Kier alpha value is -2.21. The maximum Gasteiger partial charge on any atom is 0.265 e. The topological polar surface area (TPSA) is 62.3 Å². The minimum absolute atomic E-state index is 0.0432. The van der Waals surface area contributed by atoms with E-state index in [9.17, 15) is 9.59 Å². The molecule has 0 spiro atoms. The van der Waals surface area contributed by atoms with Crippen molar-refractivity contribution in [3.8, 4) is 0 Å². The Morgan fingerprint density at radius 3 is 2.33 bits per heavy atom. The average molecular weight is 345 g/mol. The molecule has 6 heteroatoms. The van der Waals surface area contributed by atoms with Crippen LogP contribution < -0.4 is 5.32 Å². The van der Waals surface area contributed by atoms with Crippen LogP contribution >= 0.6 is 11.3 Å². The van der Waals surface area contributed by atoms with Crippen LogP contribution in [0.25, 0.3) is 0 Å².